The summed E-state index contributed by atoms with van der Waals surface area (Å²) in [6, 6.07) is 0. The van der Waals surface area contributed by atoms with Crippen LogP contribution in [-0.4, -0.2) is 31.0 Å². The number of aliphatic carboxylic acids is 1. The average molecular weight is 218 g/mol. The zero-order valence-electron chi connectivity index (χ0n) is 7.85. The first-order valence-electron chi connectivity index (χ1n) is 4.58. The van der Waals surface area contributed by atoms with Crippen molar-refractivity contribution in [2.75, 3.05) is 11.5 Å². The highest BCUT2D eigenvalue weighted by Gasteiger charge is 2.21. The molecule has 1 N–H and O–H groups in total. The van der Waals surface area contributed by atoms with Crippen molar-refractivity contribution in [1.82, 2.24) is 0 Å². The number of carbonyl (C=O) groups is 1. The second-order valence-electron chi connectivity index (χ2n) is 3.52. The summed E-state index contributed by atoms with van der Waals surface area (Å²) in [5, 5.41) is 8.38. The fraction of sp³-hybridized carbons (Fsp3) is 0.667. The van der Waals surface area contributed by atoms with Crippen LogP contribution in [0, 0.1) is 5.92 Å². The molecule has 0 radical (unpaired) electrons. The van der Waals surface area contributed by atoms with Gasteiger partial charge in [0.15, 0.2) is 0 Å². The number of carboxylic acid groups (broad SMARTS) is 1. The van der Waals surface area contributed by atoms with Crippen molar-refractivity contribution in [1.29, 1.82) is 0 Å². The molecule has 0 saturated carbocycles. The molecule has 0 aliphatic carbocycles. The normalized spacial score (nSPS) is 22.6. The molecule has 0 bridgehead atoms. The van der Waals surface area contributed by atoms with E-state index in [4.69, 9.17) is 5.11 Å². The van der Waals surface area contributed by atoms with Gasteiger partial charge in [-0.25, -0.2) is 8.42 Å². The molecule has 0 amide bonds. The van der Waals surface area contributed by atoms with Gasteiger partial charge in [0.25, 0.3) is 0 Å². The highest BCUT2D eigenvalue weighted by atomic mass is 32.2. The molecule has 80 valence electrons. The van der Waals surface area contributed by atoms with Crippen LogP contribution < -0.4 is 0 Å². The molecule has 1 fully saturated rings. The van der Waals surface area contributed by atoms with E-state index in [-0.39, 0.29) is 23.8 Å². The van der Waals surface area contributed by atoms with Gasteiger partial charge in [0.05, 0.1) is 17.9 Å². The maximum Gasteiger partial charge on any atom is 0.307 e. The van der Waals surface area contributed by atoms with Crippen molar-refractivity contribution < 1.29 is 18.3 Å². The van der Waals surface area contributed by atoms with Crippen LogP contribution in [0.3, 0.4) is 0 Å². The number of sulfone groups is 1. The van der Waals surface area contributed by atoms with Gasteiger partial charge < -0.3 is 5.11 Å². The minimum absolute atomic E-state index is 0.0171. The number of rotatable bonds is 3. The van der Waals surface area contributed by atoms with Gasteiger partial charge in [0, 0.05) is 0 Å². The Labute approximate surface area is 83.5 Å². The Morgan fingerprint density at radius 1 is 1.36 bits per heavy atom. The Bertz CT molecular complexity index is 315. The van der Waals surface area contributed by atoms with Crippen molar-refractivity contribution in [3.63, 3.8) is 0 Å². The van der Waals surface area contributed by atoms with E-state index in [2.05, 4.69) is 0 Å². The first-order valence-corrected chi connectivity index (χ1v) is 6.40. The van der Waals surface area contributed by atoms with Crippen molar-refractivity contribution in [2.24, 2.45) is 5.92 Å². The van der Waals surface area contributed by atoms with Crippen LogP contribution in [0.1, 0.15) is 19.3 Å². The minimum Gasteiger partial charge on any atom is -0.481 e. The van der Waals surface area contributed by atoms with Gasteiger partial charge in [-0.05, 0) is 18.8 Å². The Hall–Kier alpha value is -0.840. The van der Waals surface area contributed by atoms with E-state index < -0.39 is 15.8 Å². The van der Waals surface area contributed by atoms with E-state index in [0.717, 1.165) is 0 Å². The smallest absolute Gasteiger partial charge is 0.307 e. The lowest BCUT2D eigenvalue weighted by atomic mass is 10.0. The molecule has 1 heterocycles. The first kappa shape index (κ1) is 11.2. The van der Waals surface area contributed by atoms with E-state index >= 15 is 0 Å². The highest BCUT2D eigenvalue weighted by molar-refractivity contribution is 7.91. The van der Waals surface area contributed by atoms with Gasteiger partial charge >= 0.3 is 5.97 Å². The lowest BCUT2D eigenvalue weighted by Crippen LogP contribution is -2.22. The summed E-state index contributed by atoms with van der Waals surface area (Å²) < 4.78 is 22.1. The van der Waals surface area contributed by atoms with Crippen molar-refractivity contribution in [3.8, 4) is 0 Å². The summed E-state index contributed by atoms with van der Waals surface area (Å²) >= 11 is 0. The maximum atomic E-state index is 11.1. The van der Waals surface area contributed by atoms with Crippen molar-refractivity contribution in [3.05, 3.63) is 12.2 Å². The summed E-state index contributed by atoms with van der Waals surface area (Å²) in [6.07, 6.45) is 4.69. The first-order chi connectivity index (χ1) is 6.49. The van der Waals surface area contributed by atoms with Gasteiger partial charge in [-0.2, -0.15) is 0 Å². The quantitative estimate of drug-likeness (QED) is 0.712. The third kappa shape index (κ3) is 3.91. The predicted molar refractivity (Wildman–Crippen MR) is 52.8 cm³/mol. The lowest BCUT2D eigenvalue weighted by molar-refractivity contribution is -0.136. The van der Waals surface area contributed by atoms with E-state index in [1.807, 2.05) is 6.08 Å². The van der Waals surface area contributed by atoms with E-state index in [0.29, 0.717) is 12.8 Å². The van der Waals surface area contributed by atoms with Crippen LogP contribution in [-0.2, 0) is 14.6 Å². The number of hydrogen-bond acceptors (Lipinski definition) is 3. The Kier molecular flexibility index (Phi) is 3.69. The van der Waals surface area contributed by atoms with E-state index in [1.165, 1.54) is 0 Å². The molecule has 1 aliphatic heterocycles. The van der Waals surface area contributed by atoms with Crippen LogP contribution in [0.5, 0.6) is 0 Å². The van der Waals surface area contributed by atoms with Crippen LogP contribution in [0.25, 0.3) is 0 Å². The third-order valence-corrected chi connectivity index (χ3v) is 4.02. The Balaban J connectivity index is 2.36. The Morgan fingerprint density at radius 2 is 1.93 bits per heavy atom. The fourth-order valence-corrected chi connectivity index (χ4v) is 2.99. The maximum absolute atomic E-state index is 11.1. The molecule has 4 nitrogen and oxygen atoms in total. The minimum atomic E-state index is -2.81. The standard InChI is InChI=1S/C9H14O4S/c10-9(11)3-1-2-8-4-6-14(12,13)7-5-8/h1-2,8H,3-7H2,(H,10,11)/b2-1-. The molecular formula is C9H14O4S. The molecule has 0 aromatic carbocycles. The summed E-state index contributed by atoms with van der Waals surface area (Å²) in [5.41, 5.74) is 0. The zero-order chi connectivity index (χ0) is 10.6. The van der Waals surface area contributed by atoms with Crippen molar-refractivity contribution >= 4 is 15.8 Å². The Morgan fingerprint density at radius 3 is 2.43 bits per heavy atom. The highest BCUT2D eigenvalue weighted by Crippen LogP contribution is 2.19. The number of allylic oxidation sites excluding steroid dienone is 1. The van der Waals surface area contributed by atoms with Crippen LogP contribution in [0.2, 0.25) is 0 Å². The summed E-state index contributed by atoms with van der Waals surface area (Å²) in [6.45, 7) is 0. The van der Waals surface area contributed by atoms with Crippen LogP contribution in [0.4, 0.5) is 0 Å². The molecule has 1 saturated heterocycles. The lowest BCUT2D eigenvalue weighted by Gasteiger charge is -2.18. The largest absolute Gasteiger partial charge is 0.481 e. The van der Waals surface area contributed by atoms with E-state index in [1.54, 1.807) is 6.08 Å². The summed E-state index contributed by atoms with van der Waals surface area (Å²) in [5.74, 6) is -0.160. The molecule has 0 unspecified atom stereocenters. The fourth-order valence-electron chi connectivity index (χ4n) is 1.46. The molecular weight excluding hydrogens is 204 g/mol. The monoisotopic (exact) mass is 218 g/mol. The molecule has 14 heavy (non-hydrogen) atoms. The molecule has 1 rings (SSSR count). The number of hydrogen-bond donors (Lipinski definition) is 1. The van der Waals surface area contributed by atoms with Crippen LogP contribution >= 0.6 is 0 Å². The number of carboxylic acids is 1. The summed E-state index contributed by atoms with van der Waals surface area (Å²) in [4.78, 5) is 10.2. The molecule has 0 aromatic rings. The van der Waals surface area contributed by atoms with Gasteiger partial charge in [0.2, 0.25) is 0 Å². The van der Waals surface area contributed by atoms with Gasteiger partial charge in [-0.3, -0.25) is 4.79 Å². The van der Waals surface area contributed by atoms with E-state index in [9.17, 15) is 13.2 Å². The second kappa shape index (κ2) is 4.59. The molecule has 0 spiro atoms. The third-order valence-electron chi connectivity index (χ3n) is 2.30. The predicted octanol–water partition coefficient (Wildman–Crippen LogP) is 0.842. The molecule has 5 heteroatoms. The van der Waals surface area contributed by atoms with Gasteiger partial charge in [-0.15, -0.1) is 0 Å². The molecule has 0 atom stereocenters. The van der Waals surface area contributed by atoms with Gasteiger partial charge in [0.1, 0.15) is 9.84 Å². The topological polar surface area (TPSA) is 71.4 Å². The average Bonchev–Trinajstić information content (AvgIpc) is 2.07. The van der Waals surface area contributed by atoms with Gasteiger partial charge in [-0.1, -0.05) is 12.2 Å². The van der Waals surface area contributed by atoms with Crippen molar-refractivity contribution in [2.45, 2.75) is 19.3 Å². The SMILES string of the molecule is O=C(O)C/C=C\C1CCS(=O)(=O)CC1. The summed E-state index contributed by atoms with van der Waals surface area (Å²) in [7, 11) is -2.81. The van der Waals surface area contributed by atoms with Crippen LogP contribution in [0.15, 0.2) is 12.2 Å². The molecule has 1 aliphatic rings. The second-order valence-corrected chi connectivity index (χ2v) is 5.82. The molecule has 0 aromatic heterocycles. The zero-order valence-corrected chi connectivity index (χ0v) is 8.66.